The molecule has 0 heterocycles. The third-order valence-electron chi connectivity index (χ3n) is 2.90. The Morgan fingerprint density at radius 1 is 1.38 bits per heavy atom. The monoisotopic (exact) mass is 216 g/mol. The van der Waals surface area contributed by atoms with Crippen LogP contribution in [0.1, 0.15) is 31.4 Å². The number of hydrogen-bond donors (Lipinski definition) is 0. The molecule has 0 aliphatic rings. The SMILES string of the molecule is CCC(C)CN(C)Cc1ccccc1C#N. The van der Waals surface area contributed by atoms with Gasteiger partial charge in [-0.15, -0.1) is 0 Å². The quantitative estimate of drug-likeness (QED) is 0.756. The molecule has 0 amide bonds. The number of hydrogen-bond acceptors (Lipinski definition) is 2. The van der Waals surface area contributed by atoms with Crippen LogP contribution in [0.25, 0.3) is 0 Å². The summed E-state index contributed by atoms with van der Waals surface area (Å²) in [4.78, 5) is 2.28. The zero-order valence-electron chi connectivity index (χ0n) is 10.4. The van der Waals surface area contributed by atoms with Gasteiger partial charge in [0.2, 0.25) is 0 Å². The number of nitrogens with zero attached hydrogens (tertiary/aromatic N) is 2. The van der Waals surface area contributed by atoms with Crippen LogP contribution in [0.4, 0.5) is 0 Å². The third kappa shape index (κ3) is 3.67. The molecular formula is C14H20N2. The summed E-state index contributed by atoms with van der Waals surface area (Å²) < 4.78 is 0. The topological polar surface area (TPSA) is 27.0 Å². The molecule has 0 fully saturated rings. The highest BCUT2D eigenvalue weighted by atomic mass is 15.1. The smallest absolute Gasteiger partial charge is 0.0995 e. The van der Waals surface area contributed by atoms with Gasteiger partial charge in [0.1, 0.15) is 0 Å². The Kier molecular flexibility index (Phi) is 5.01. The first-order chi connectivity index (χ1) is 7.67. The van der Waals surface area contributed by atoms with E-state index in [2.05, 4.69) is 31.9 Å². The molecule has 1 atom stereocenters. The molecule has 0 aromatic heterocycles. The summed E-state index contributed by atoms with van der Waals surface area (Å²) in [6.45, 7) is 6.40. The minimum Gasteiger partial charge on any atom is -0.302 e. The lowest BCUT2D eigenvalue weighted by atomic mass is 10.1. The van der Waals surface area contributed by atoms with Crippen LogP contribution in [0.3, 0.4) is 0 Å². The standard InChI is InChI=1S/C14H20N2/c1-4-12(2)10-16(3)11-14-8-6-5-7-13(14)9-15/h5-8,12H,4,10-11H2,1-3H3. The summed E-state index contributed by atoms with van der Waals surface area (Å²) in [5.74, 6) is 0.708. The molecule has 0 bridgehead atoms. The molecule has 0 aliphatic carbocycles. The average molecular weight is 216 g/mol. The normalized spacial score (nSPS) is 12.4. The molecule has 1 aromatic carbocycles. The summed E-state index contributed by atoms with van der Waals surface area (Å²) in [7, 11) is 2.11. The van der Waals surface area contributed by atoms with Crippen LogP contribution in [-0.2, 0) is 6.54 Å². The number of benzene rings is 1. The average Bonchev–Trinajstić information content (AvgIpc) is 2.29. The molecule has 2 heteroatoms. The maximum atomic E-state index is 8.99. The van der Waals surface area contributed by atoms with Gasteiger partial charge in [0.05, 0.1) is 11.6 Å². The summed E-state index contributed by atoms with van der Waals surface area (Å²) in [6.07, 6.45) is 1.20. The highest BCUT2D eigenvalue weighted by Gasteiger charge is 2.07. The largest absolute Gasteiger partial charge is 0.302 e. The molecule has 16 heavy (non-hydrogen) atoms. The molecule has 0 aliphatic heterocycles. The predicted molar refractivity (Wildman–Crippen MR) is 66.9 cm³/mol. The van der Waals surface area contributed by atoms with Crippen LogP contribution in [0.5, 0.6) is 0 Å². The van der Waals surface area contributed by atoms with Gasteiger partial charge in [-0.05, 0) is 24.6 Å². The Morgan fingerprint density at radius 3 is 2.69 bits per heavy atom. The first-order valence-corrected chi connectivity index (χ1v) is 5.84. The lowest BCUT2D eigenvalue weighted by Crippen LogP contribution is -2.24. The minimum absolute atomic E-state index is 0.708. The van der Waals surface area contributed by atoms with Gasteiger partial charge in [-0.3, -0.25) is 0 Å². The Labute approximate surface area is 98.5 Å². The predicted octanol–water partition coefficient (Wildman–Crippen LogP) is 3.04. The van der Waals surface area contributed by atoms with E-state index in [0.29, 0.717) is 5.92 Å². The molecule has 86 valence electrons. The van der Waals surface area contributed by atoms with Crippen molar-refractivity contribution in [3.05, 3.63) is 35.4 Å². The van der Waals surface area contributed by atoms with E-state index in [9.17, 15) is 0 Å². The van der Waals surface area contributed by atoms with Crippen molar-refractivity contribution < 1.29 is 0 Å². The van der Waals surface area contributed by atoms with Gasteiger partial charge < -0.3 is 4.90 Å². The molecule has 1 unspecified atom stereocenters. The molecule has 0 saturated heterocycles. The highest BCUT2D eigenvalue weighted by molar-refractivity contribution is 5.37. The van der Waals surface area contributed by atoms with Gasteiger partial charge in [0, 0.05) is 13.1 Å². The Balaban J connectivity index is 2.63. The van der Waals surface area contributed by atoms with Gasteiger partial charge in [-0.1, -0.05) is 38.5 Å². The van der Waals surface area contributed by atoms with E-state index in [1.165, 1.54) is 6.42 Å². The van der Waals surface area contributed by atoms with E-state index in [0.717, 1.165) is 24.2 Å². The van der Waals surface area contributed by atoms with Crippen molar-refractivity contribution in [1.82, 2.24) is 4.90 Å². The maximum Gasteiger partial charge on any atom is 0.0995 e. The summed E-state index contributed by atoms with van der Waals surface area (Å²) in [5.41, 5.74) is 1.91. The molecule has 0 radical (unpaired) electrons. The molecule has 0 saturated carbocycles. The van der Waals surface area contributed by atoms with Crippen LogP contribution in [0.2, 0.25) is 0 Å². The second-order valence-corrected chi connectivity index (χ2v) is 4.48. The van der Waals surface area contributed by atoms with Crippen LogP contribution in [0, 0.1) is 17.2 Å². The van der Waals surface area contributed by atoms with E-state index >= 15 is 0 Å². The van der Waals surface area contributed by atoms with Crippen LogP contribution >= 0.6 is 0 Å². The fraction of sp³-hybridized carbons (Fsp3) is 0.500. The van der Waals surface area contributed by atoms with E-state index in [1.807, 2.05) is 24.3 Å². The Hall–Kier alpha value is -1.33. The lowest BCUT2D eigenvalue weighted by molar-refractivity contribution is 0.275. The van der Waals surface area contributed by atoms with Gasteiger partial charge in [0.25, 0.3) is 0 Å². The van der Waals surface area contributed by atoms with Crippen molar-refractivity contribution >= 4 is 0 Å². The van der Waals surface area contributed by atoms with Crippen LogP contribution in [-0.4, -0.2) is 18.5 Å². The van der Waals surface area contributed by atoms with Crippen molar-refractivity contribution in [1.29, 1.82) is 5.26 Å². The first kappa shape index (κ1) is 12.7. The van der Waals surface area contributed by atoms with E-state index in [4.69, 9.17) is 5.26 Å². The lowest BCUT2D eigenvalue weighted by Gasteiger charge is -2.20. The van der Waals surface area contributed by atoms with Crippen LogP contribution in [0.15, 0.2) is 24.3 Å². The van der Waals surface area contributed by atoms with Crippen molar-refractivity contribution in [3.8, 4) is 6.07 Å². The van der Waals surface area contributed by atoms with Crippen molar-refractivity contribution in [2.24, 2.45) is 5.92 Å². The fourth-order valence-electron chi connectivity index (χ4n) is 1.78. The zero-order chi connectivity index (χ0) is 12.0. The second-order valence-electron chi connectivity index (χ2n) is 4.48. The molecule has 2 nitrogen and oxygen atoms in total. The van der Waals surface area contributed by atoms with Gasteiger partial charge >= 0.3 is 0 Å². The van der Waals surface area contributed by atoms with Crippen LogP contribution < -0.4 is 0 Å². The zero-order valence-corrected chi connectivity index (χ0v) is 10.4. The van der Waals surface area contributed by atoms with Gasteiger partial charge in [0.15, 0.2) is 0 Å². The van der Waals surface area contributed by atoms with E-state index in [1.54, 1.807) is 0 Å². The number of rotatable bonds is 5. The second kappa shape index (κ2) is 6.30. The van der Waals surface area contributed by atoms with Crippen molar-refractivity contribution in [2.45, 2.75) is 26.8 Å². The fourth-order valence-corrected chi connectivity index (χ4v) is 1.78. The Bertz CT molecular complexity index is 365. The van der Waals surface area contributed by atoms with Gasteiger partial charge in [-0.25, -0.2) is 0 Å². The minimum atomic E-state index is 0.708. The summed E-state index contributed by atoms with van der Waals surface area (Å²) >= 11 is 0. The molecule has 0 N–H and O–H groups in total. The van der Waals surface area contributed by atoms with Crippen molar-refractivity contribution in [2.75, 3.05) is 13.6 Å². The van der Waals surface area contributed by atoms with Crippen molar-refractivity contribution in [3.63, 3.8) is 0 Å². The maximum absolute atomic E-state index is 8.99. The molecule has 0 spiro atoms. The van der Waals surface area contributed by atoms with E-state index < -0.39 is 0 Å². The van der Waals surface area contributed by atoms with E-state index in [-0.39, 0.29) is 0 Å². The molecule has 1 rings (SSSR count). The molecular weight excluding hydrogens is 196 g/mol. The summed E-state index contributed by atoms with van der Waals surface area (Å²) in [5, 5.41) is 8.99. The first-order valence-electron chi connectivity index (χ1n) is 5.84. The molecule has 1 aromatic rings. The Morgan fingerprint density at radius 2 is 2.06 bits per heavy atom. The highest BCUT2D eigenvalue weighted by Crippen LogP contribution is 2.11. The third-order valence-corrected chi connectivity index (χ3v) is 2.90. The number of nitriles is 1. The summed E-state index contributed by atoms with van der Waals surface area (Å²) in [6, 6.07) is 10.1. The van der Waals surface area contributed by atoms with Gasteiger partial charge in [-0.2, -0.15) is 5.26 Å².